The summed E-state index contributed by atoms with van der Waals surface area (Å²) in [7, 11) is 0. The zero-order chi connectivity index (χ0) is 16.7. The number of benzene rings is 2. The topological polar surface area (TPSA) is 38.3 Å². The Morgan fingerprint density at radius 1 is 1.13 bits per heavy atom. The van der Waals surface area contributed by atoms with E-state index >= 15 is 0 Å². The summed E-state index contributed by atoms with van der Waals surface area (Å²) in [5.41, 5.74) is 1.70. The molecule has 2 rings (SSSR count). The molecule has 2 aromatic carbocycles. The lowest BCUT2D eigenvalue weighted by molar-refractivity contribution is -0.115. The minimum absolute atomic E-state index is 0.0597. The molecule has 0 unspecified atom stereocenters. The van der Waals surface area contributed by atoms with Crippen molar-refractivity contribution >= 4 is 23.4 Å². The van der Waals surface area contributed by atoms with Crippen LogP contribution in [0.25, 0.3) is 0 Å². The lowest BCUT2D eigenvalue weighted by Crippen LogP contribution is -2.22. The van der Waals surface area contributed by atoms with Gasteiger partial charge in [0.1, 0.15) is 5.75 Å². The van der Waals surface area contributed by atoms with Crippen molar-refractivity contribution in [3.8, 4) is 5.75 Å². The Balaban J connectivity index is 1.83. The van der Waals surface area contributed by atoms with Crippen molar-refractivity contribution < 1.29 is 18.3 Å². The molecule has 1 N–H and O–H groups in total. The van der Waals surface area contributed by atoms with Crippen LogP contribution in [0.2, 0.25) is 0 Å². The molecule has 2 aromatic rings. The molecule has 0 aliphatic rings. The summed E-state index contributed by atoms with van der Waals surface area (Å²) in [6, 6.07) is 15.7. The Kier molecular flexibility index (Phi) is 6.40. The van der Waals surface area contributed by atoms with E-state index in [0.717, 1.165) is 11.3 Å². The van der Waals surface area contributed by atoms with Crippen molar-refractivity contribution in [1.29, 1.82) is 0 Å². The van der Waals surface area contributed by atoms with Crippen molar-refractivity contribution in [2.75, 3.05) is 5.32 Å². The van der Waals surface area contributed by atoms with Gasteiger partial charge in [-0.1, -0.05) is 30.3 Å². The molecular weight excluding hydrogens is 320 g/mol. The van der Waals surface area contributed by atoms with Crippen LogP contribution in [0.3, 0.4) is 0 Å². The summed E-state index contributed by atoms with van der Waals surface area (Å²) in [5.74, 6) is 0.675. The molecule has 0 aromatic heterocycles. The second-order valence-corrected chi connectivity index (χ2v) is 6.16. The predicted octanol–water partition coefficient (Wildman–Crippen LogP) is 4.55. The summed E-state index contributed by atoms with van der Waals surface area (Å²) in [6.45, 7) is -1.03. The van der Waals surface area contributed by atoms with E-state index in [9.17, 15) is 13.6 Å². The van der Waals surface area contributed by atoms with Gasteiger partial charge in [-0.25, -0.2) is 0 Å². The number of hydrogen-bond donors (Lipinski definition) is 1. The van der Waals surface area contributed by atoms with Crippen LogP contribution in [0, 0.1) is 0 Å². The van der Waals surface area contributed by atoms with Gasteiger partial charge in [0.2, 0.25) is 5.91 Å². The number of thioether (sulfide) groups is 1. The molecule has 0 heterocycles. The highest BCUT2D eigenvalue weighted by Gasteiger charge is 2.14. The van der Waals surface area contributed by atoms with Crippen LogP contribution in [0.1, 0.15) is 12.5 Å². The van der Waals surface area contributed by atoms with Gasteiger partial charge in [0.25, 0.3) is 0 Å². The number of anilines is 1. The lowest BCUT2D eigenvalue weighted by Gasteiger charge is -2.12. The largest absolute Gasteiger partial charge is 0.435 e. The van der Waals surface area contributed by atoms with Gasteiger partial charge in [-0.15, -0.1) is 11.8 Å². The molecule has 0 bridgehead atoms. The first-order chi connectivity index (χ1) is 11.0. The van der Waals surface area contributed by atoms with Crippen molar-refractivity contribution in [3.63, 3.8) is 0 Å². The number of carbonyl (C=O) groups excluding carboxylic acids is 1. The van der Waals surface area contributed by atoms with Gasteiger partial charge in [-0.05, 0) is 36.8 Å². The molecule has 6 heteroatoms. The van der Waals surface area contributed by atoms with Gasteiger partial charge in [-0.3, -0.25) is 4.79 Å². The Hall–Kier alpha value is -2.08. The number of rotatable bonds is 7. The fourth-order valence-electron chi connectivity index (χ4n) is 1.83. The fraction of sp³-hybridized carbons (Fsp3) is 0.235. The van der Waals surface area contributed by atoms with Gasteiger partial charge >= 0.3 is 6.61 Å². The van der Waals surface area contributed by atoms with Crippen LogP contribution < -0.4 is 10.1 Å². The molecule has 0 radical (unpaired) electrons. The van der Waals surface area contributed by atoms with Crippen LogP contribution in [0.5, 0.6) is 5.75 Å². The number of amides is 1. The van der Waals surface area contributed by atoms with E-state index in [-0.39, 0.29) is 16.9 Å². The monoisotopic (exact) mass is 337 g/mol. The number of carbonyl (C=O) groups is 1. The fourth-order valence-corrected chi connectivity index (χ4v) is 2.68. The molecule has 3 nitrogen and oxygen atoms in total. The van der Waals surface area contributed by atoms with E-state index in [4.69, 9.17) is 0 Å². The first kappa shape index (κ1) is 17.3. The quantitative estimate of drug-likeness (QED) is 0.805. The van der Waals surface area contributed by atoms with E-state index in [1.165, 1.54) is 36.0 Å². The maximum atomic E-state index is 12.1. The molecule has 0 aliphatic carbocycles. The third kappa shape index (κ3) is 5.90. The SMILES string of the molecule is C[C@@H](SCc1ccccc1)C(=O)Nc1ccc(OC(F)F)cc1. The molecule has 0 fully saturated rings. The van der Waals surface area contributed by atoms with Gasteiger partial charge in [0.05, 0.1) is 5.25 Å². The average Bonchev–Trinajstić information content (AvgIpc) is 2.55. The van der Waals surface area contributed by atoms with Gasteiger partial charge in [-0.2, -0.15) is 8.78 Å². The molecule has 1 atom stereocenters. The second-order valence-electron chi connectivity index (χ2n) is 4.83. The Morgan fingerprint density at radius 3 is 2.39 bits per heavy atom. The Labute approximate surface area is 138 Å². The maximum Gasteiger partial charge on any atom is 0.387 e. The zero-order valence-electron chi connectivity index (χ0n) is 12.5. The third-order valence-corrected chi connectivity index (χ3v) is 4.27. The highest BCUT2D eigenvalue weighted by Crippen LogP contribution is 2.21. The molecule has 0 saturated carbocycles. The molecule has 122 valence electrons. The molecule has 23 heavy (non-hydrogen) atoms. The van der Waals surface area contributed by atoms with E-state index in [1.807, 2.05) is 37.3 Å². The van der Waals surface area contributed by atoms with E-state index in [1.54, 1.807) is 0 Å². The molecule has 0 saturated heterocycles. The van der Waals surface area contributed by atoms with E-state index in [2.05, 4.69) is 10.1 Å². The van der Waals surface area contributed by atoms with Crippen LogP contribution in [-0.2, 0) is 10.5 Å². The number of halogens is 2. The van der Waals surface area contributed by atoms with Crippen molar-refractivity contribution in [2.24, 2.45) is 0 Å². The van der Waals surface area contributed by atoms with Gasteiger partial charge < -0.3 is 10.1 Å². The first-order valence-electron chi connectivity index (χ1n) is 7.06. The highest BCUT2D eigenvalue weighted by atomic mass is 32.2. The minimum Gasteiger partial charge on any atom is -0.435 e. The Bertz CT molecular complexity index is 620. The summed E-state index contributed by atoms with van der Waals surface area (Å²) in [4.78, 5) is 12.1. The second kappa shape index (κ2) is 8.53. The van der Waals surface area contributed by atoms with Crippen molar-refractivity contribution in [2.45, 2.75) is 24.5 Å². The van der Waals surface area contributed by atoms with Crippen molar-refractivity contribution in [3.05, 3.63) is 60.2 Å². The van der Waals surface area contributed by atoms with E-state index < -0.39 is 6.61 Å². The van der Waals surface area contributed by atoms with E-state index in [0.29, 0.717) is 5.69 Å². The first-order valence-corrected chi connectivity index (χ1v) is 8.11. The summed E-state index contributed by atoms with van der Waals surface area (Å²) < 4.78 is 28.4. The number of hydrogen-bond acceptors (Lipinski definition) is 3. The standard InChI is InChI=1S/C17H17F2NO2S/c1-12(23-11-13-5-3-2-4-6-13)16(21)20-14-7-9-15(10-8-14)22-17(18)19/h2-10,12,17H,11H2,1H3,(H,20,21)/t12-/m1/s1. The zero-order valence-corrected chi connectivity index (χ0v) is 13.4. The van der Waals surface area contributed by atoms with Crippen LogP contribution in [0.15, 0.2) is 54.6 Å². The third-order valence-electron chi connectivity index (χ3n) is 3.06. The molecule has 0 spiro atoms. The lowest BCUT2D eigenvalue weighted by atomic mass is 10.2. The van der Waals surface area contributed by atoms with Gasteiger partial charge in [0, 0.05) is 11.4 Å². The smallest absolute Gasteiger partial charge is 0.387 e. The van der Waals surface area contributed by atoms with Crippen LogP contribution in [-0.4, -0.2) is 17.8 Å². The van der Waals surface area contributed by atoms with Crippen molar-refractivity contribution in [1.82, 2.24) is 0 Å². The normalized spacial score (nSPS) is 12.0. The molecular formula is C17H17F2NO2S. The van der Waals surface area contributed by atoms with Gasteiger partial charge in [0.15, 0.2) is 0 Å². The Morgan fingerprint density at radius 2 is 1.78 bits per heavy atom. The predicted molar refractivity (Wildman–Crippen MR) is 88.9 cm³/mol. The number of nitrogens with one attached hydrogen (secondary N) is 1. The highest BCUT2D eigenvalue weighted by molar-refractivity contribution is 7.99. The maximum absolute atomic E-state index is 12.1. The number of alkyl halides is 2. The summed E-state index contributed by atoms with van der Waals surface area (Å²) >= 11 is 1.53. The molecule has 1 amide bonds. The summed E-state index contributed by atoms with van der Waals surface area (Å²) in [6.07, 6.45) is 0. The number of ether oxygens (including phenoxy) is 1. The molecule has 0 aliphatic heterocycles. The van der Waals surface area contributed by atoms with Crippen LogP contribution in [0.4, 0.5) is 14.5 Å². The summed E-state index contributed by atoms with van der Waals surface area (Å²) in [5, 5.41) is 2.53. The average molecular weight is 337 g/mol. The minimum atomic E-state index is -2.86. The van der Waals surface area contributed by atoms with Crippen LogP contribution >= 0.6 is 11.8 Å².